The molecule has 5 heteroatoms. The van der Waals surface area contributed by atoms with Crippen LogP contribution in [0.5, 0.6) is 0 Å². The highest BCUT2D eigenvalue weighted by Gasteiger charge is 2.27. The van der Waals surface area contributed by atoms with Crippen molar-refractivity contribution in [1.82, 2.24) is 4.72 Å². The Labute approximate surface area is 109 Å². The predicted octanol–water partition coefficient (Wildman–Crippen LogP) is 1.88. The van der Waals surface area contributed by atoms with Crippen molar-refractivity contribution in [2.24, 2.45) is 5.92 Å². The number of hydrogen-bond donors (Lipinski definition) is 2. The lowest BCUT2D eigenvalue weighted by molar-refractivity contribution is 0.260. The van der Waals surface area contributed by atoms with Gasteiger partial charge in [-0.15, -0.1) is 0 Å². The Morgan fingerprint density at radius 2 is 1.94 bits per heavy atom. The fourth-order valence-electron chi connectivity index (χ4n) is 2.19. The molecule has 1 aliphatic carbocycles. The first kappa shape index (κ1) is 13.4. The minimum Gasteiger partial charge on any atom is -0.399 e. The molecule has 100 valence electrons. The number of rotatable bonds is 5. The average Bonchev–Trinajstić information content (AvgIpc) is 2.17. The van der Waals surface area contributed by atoms with Crippen LogP contribution in [0.2, 0.25) is 0 Å². The van der Waals surface area contributed by atoms with Gasteiger partial charge in [0.15, 0.2) is 0 Å². The topological polar surface area (TPSA) is 72.2 Å². The lowest BCUT2D eigenvalue weighted by Crippen LogP contribution is -2.41. The summed E-state index contributed by atoms with van der Waals surface area (Å²) in [5.41, 5.74) is 6.98. The molecule has 0 spiro atoms. The predicted molar refractivity (Wildman–Crippen MR) is 73.4 cm³/mol. The normalized spacial score (nSPS) is 18.3. The minimum absolute atomic E-state index is 0.0182. The molecule has 1 aromatic carbocycles. The molecule has 3 N–H and O–H groups in total. The van der Waals surface area contributed by atoms with Gasteiger partial charge in [-0.1, -0.05) is 18.6 Å². The first-order valence-electron chi connectivity index (χ1n) is 6.31. The van der Waals surface area contributed by atoms with Crippen LogP contribution in [0, 0.1) is 5.92 Å². The molecule has 1 unspecified atom stereocenters. The second-order valence-electron chi connectivity index (χ2n) is 5.10. The Balaban J connectivity index is 1.96. The van der Waals surface area contributed by atoms with E-state index < -0.39 is 10.0 Å². The number of sulfonamides is 1. The van der Waals surface area contributed by atoms with Crippen molar-refractivity contribution in [3.8, 4) is 0 Å². The molecule has 18 heavy (non-hydrogen) atoms. The van der Waals surface area contributed by atoms with E-state index in [0.29, 0.717) is 11.6 Å². The van der Waals surface area contributed by atoms with Crippen molar-refractivity contribution in [1.29, 1.82) is 0 Å². The maximum Gasteiger partial charge on any atom is 0.216 e. The maximum absolute atomic E-state index is 12.0. The third-order valence-corrected chi connectivity index (χ3v) is 5.00. The molecule has 1 fully saturated rings. The summed E-state index contributed by atoms with van der Waals surface area (Å²) in [7, 11) is -3.26. The molecule has 0 bridgehead atoms. The van der Waals surface area contributed by atoms with Gasteiger partial charge >= 0.3 is 0 Å². The lowest BCUT2D eigenvalue weighted by atomic mass is 9.81. The molecule has 0 aromatic heterocycles. The third-order valence-electron chi connectivity index (χ3n) is 3.56. The molecule has 0 amide bonds. The van der Waals surface area contributed by atoms with E-state index in [0.717, 1.165) is 18.4 Å². The van der Waals surface area contributed by atoms with Crippen LogP contribution in [0.1, 0.15) is 31.7 Å². The summed E-state index contributed by atoms with van der Waals surface area (Å²) in [6.45, 7) is 1.95. The minimum atomic E-state index is -3.26. The summed E-state index contributed by atoms with van der Waals surface area (Å²) in [6.07, 6.45) is 3.48. The van der Waals surface area contributed by atoms with Gasteiger partial charge < -0.3 is 5.73 Å². The highest BCUT2D eigenvalue weighted by molar-refractivity contribution is 7.88. The second kappa shape index (κ2) is 5.28. The summed E-state index contributed by atoms with van der Waals surface area (Å²) >= 11 is 0. The Bertz CT molecular complexity index is 492. The van der Waals surface area contributed by atoms with Crippen LogP contribution < -0.4 is 10.5 Å². The van der Waals surface area contributed by atoms with Crippen molar-refractivity contribution in [3.63, 3.8) is 0 Å². The lowest BCUT2D eigenvalue weighted by Gasteiger charge is -2.31. The van der Waals surface area contributed by atoms with E-state index in [1.807, 2.05) is 6.92 Å². The Hall–Kier alpha value is -1.07. The van der Waals surface area contributed by atoms with Gasteiger partial charge in [-0.05, 0) is 43.4 Å². The molecule has 0 heterocycles. The summed E-state index contributed by atoms with van der Waals surface area (Å²) < 4.78 is 26.8. The summed E-state index contributed by atoms with van der Waals surface area (Å²) in [4.78, 5) is 0. The van der Waals surface area contributed by atoms with Crippen LogP contribution in [0.25, 0.3) is 0 Å². The van der Waals surface area contributed by atoms with E-state index >= 15 is 0 Å². The van der Waals surface area contributed by atoms with Crippen LogP contribution >= 0.6 is 0 Å². The summed E-state index contributed by atoms with van der Waals surface area (Å²) in [5.74, 6) is 0.524. The highest BCUT2D eigenvalue weighted by atomic mass is 32.2. The van der Waals surface area contributed by atoms with Crippen molar-refractivity contribution in [3.05, 3.63) is 29.8 Å². The van der Waals surface area contributed by atoms with Crippen LogP contribution in [-0.2, 0) is 15.8 Å². The molecule has 0 radical (unpaired) electrons. The number of benzene rings is 1. The van der Waals surface area contributed by atoms with Gasteiger partial charge in [-0.3, -0.25) is 0 Å². The number of anilines is 1. The first-order chi connectivity index (χ1) is 8.46. The third kappa shape index (κ3) is 3.46. The van der Waals surface area contributed by atoms with Crippen molar-refractivity contribution < 1.29 is 8.42 Å². The molecular formula is C13H20N2O2S. The Morgan fingerprint density at radius 1 is 1.33 bits per heavy atom. The van der Waals surface area contributed by atoms with Gasteiger partial charge in [0, 0.05) is 11.7 Å². The van der Waals surface area contributed by atoms with Gasteiger partial charge in [-0.2, -0.15) is 0 Å². The Kier molecular flexibility index (Phi) is 3.92. The fourth-order valence-corrected chi connectivity index (χ4v) is 3.67. The largest absolute Gasteiger partial charge is 0.399 e. The number of nitrogen functional groups attached to an aromatic ring is 1. The molecule has 0 saturated heterocycles. The molecule has 1 aromatic rings. The first-order valence-corrected chi connectivity index (χ1v) is 7.96. The van der Waals surface area contributed by atoms with Crippen LogP contribution in [0.3, 0.4) is 0 Å². The van der Waals surface area contributed by atoms with E-state index in [4.69, 9.17) is 5.73 Å². The van der Waals surface area contributed by atoms with Crippen molar-refractivity contribution in [2.75, 3.05) is 5.73 Å². The molecule has 1 atom stereocenters. The highest BCUT2D eigenvalue weighted by Crippen LogP contribution is 2.29. The number of hydrogen-bond acceptors (Lipinski definition) is 3. The molecule has 4 nitrogen and oxygen atoms in total. The maximum atomic E-state index is 12.0. The van der Waals surface area contributed by atoms with Gasteiger partial charge in [0.2, 0.25) is 10.0 Å². The molecule has 1 saturated carbocycles. The fraction of sp³-hybridized carbons (Fsp3) is 0.538. The van der Waals surface area contributed by atoms with Crippen LogP contribution in [0.15, 0.2) is 24.3 Å². The van der Waals surface area contributed by atoms with Gasteiger partial charge in [0.25, 0.3) is 0 Å². The summed E-state index contributed by atoms with van der Waals surface area (Å²) in [5, 5.41) is 0. The van der Waals surface area contributed by atoms with Crippen molar-refractivity contribution >= 4 is 15.7 Å². The zero-order valence-corrected chi connectivity index (χ0v) is 11.4. The summed E-state index contributed by atoms with van der Waals surface area (Å²) in [6, 6.07) is 6.99. The van der Waals surface area contributed by atoms with Gasteiger partial charge in [-0.25, -0.2) is 13.1 Å². The van der Waals surface area contributed by atoms with E-state index in [1.165, 1.54) is 6.42 Å². The van der Waals surface area contributed by atoms with Crippen LogP contribution in [-0.4, -0.2) is 14.5 Å². The zero-order valence-electron chi connectivity index (χ0n) is 10.6. The monoisotopic (exact) mass is 268 g/mol. The SMILES string of the molecule is CC(NS(=O)(=O)Cc1ccc(N)cc1)C1CCC1. The van der Waals surface area contributed by atoms with Crippen molar-refractivity contribution in [2.45, 2.75) is 38.0 Å². The zero-order chi connectivity index (χ0) is 13.2. The quantitative estimate of drug-likeness (QED) is 0.801. The van der Waals surface area contributed by atoms with E-state index in [9.17, 15) is 8.42 Å². The standard InChI is InChI=1S/C13H20N2O2S/c1-10(12-3-2-4-12)15-18(16,17)9-11-5-7-13(14)8-6-11/h5-8,10,12,15H,2-4,9,14H2,1H3. The molecule has 2 rings (SSSR count). The van der Waals surface area contributed by atoms with E-state index in [-0.39, 0.29) is 11.8 Å². The van der Waals surface area contributed by atoms with E-state index in [2.05, 4.69) is 4.72 Å². The number of nitrogens with one attached hydrogen (secondary N) is 1. The Morgan fingerprint density at radius 3 is 2.44 bits per heavy atom. The smallest absolute Gasteiger partial charge is 0.216 e. The average molecular weight is 268 g/mol. The van der Waals surface area contributed by atoms with Gasteiger partial charge in [0.1, 0.15) is 0 Å². The van der Waals surface area contributed by atoms with Crippen LogP contribution in [0.4, 0.5) is 5.69 Å². The van der Waals surface area contributed by atoms with E-state index in [1.54, 1.807) is 24.3 Å². The second-order valence-corrected chi connectivity index (χ2v) is 6.85. The molecule has 0 aliphatic heterocycles. The molecular weight excluding hydrogens is 248 g/mol. The number of nitrogens with two attached hydrogens (primary N) is 1. The molecule has 1 aliphatic rings. The van der Waals surface area contributed by atoms with Gasteiger partial charge in [0.05, 0.1) is 5.75 Å².